The number of hydrogen-bond acceptors (Lipinski definition) is 3. The predicted octanol–water partition coefficient (Wildman–Crippen LogP) is 2.91. The van der Waals surface area contributed by atoms with Crippen LogP contribution in [0, 0.1) is 5.92 Å². The van der Waals surface area contributed by atoms with E-state index in [1.807, 2.05) is 0 Å². The Balaban J connectivity index is 1.92. The number of rotatable bonds is 5. The van der Waals surface area contributed by atoms with Crippen molar-refractivity contribution in [2.75, 3.05) is 0 Å². The van der Waals surface area contributed by atoms with E-state index in [9.17, 15) is 4.79 Å². The lowest BCUT2D eigenvalue weighted by atomic mass is 9.88. The summed E-state index contributed by atoms with van der Waals surface area (Å²) in [6.45, 7) is 0. The highest BCUT2D eigenvalue weighted by Crippen LogP contribution is 2.30. The van der Waals surface area contributed by atoms with Crippen LogP contribution in [-0.2, 0) is 4.79 Å². The van der Waals surface area contributed by atoms with Gasteiger partial charge in [0.25, 0.3) is 0 Å². The van der Waals surface area contributed by atoms with Crippen LogP contribution in [0.5, 0.6) is 0 Å². The van der Waals surface area contributed by atoms with Gasteiger partial charge in [0.15, 0.2) is 5.84 Å². The quantitative estimate of drug-likeness (QED) is 0.239. The third-order valence-corrected chi connectivity index (χ3v) is 5.19. The fourth-order valence-corrected chi connectivity index (χ4v) is 3.84. The standard InChI is InChI=1S/C16H29N3O2/c17-15(19-21)16(11-5-1-2-6-12-16)18-14(20)10-9-13-7-3-4-8-13/h13,21H,1-12H2,(H2,17,19)(H,18,20). The molecule has 0 radical (unpaired) electrons. The number of oxime groups is 1. The molecule has 2 fully saturated rings. The second-order valence-electron chi connectivity index (χ2n) is 6.72. The second-order valence-corrected chi connectivity index (χ2v) is 6.72. The van der Waals surface area contributed by atoms with E-state index in [0.29, 0.717) is 12.3 Å². The minimum atomic E-state index is -0.627. The number of hydrogen-bond donors (Lipinski definition) is 3. The molecule has 2 saturated carbocycles. The summed E-state index contributed by atoms with van der Waals surface area (Å²) in [4.78, 5) is 12.3. The third kappa shape index (κ3) is 4.35. The molecule has 2 aliphatic carbocycles. The van der Waals surface area contributed by atoms with E-state index in [1.165, 1.54) is 25.7 Å². The molecule has 5 nitrogen and oxygen atoms in total. The highest BCUT2D eigenvalue weighted by Gasteiger charge is 2.37. The second kappa shape index (κ2) is 7.66. The van der Waals surface area contributed by atoms with Gasteiger partial charge in [-0.25, -0.2) is 0 Å². The summed E-state index contributed by atoms with van der Waals surface area (Å²) in [6, 6.07) is 0. The molecular formula is C16H29N3O2. The minimum absolute atomic E-state index is 0.0513. The van der Waals surface area contributed by atoms with Crippen molar-refractivity contribution in [2.45, 2.75) is 82.6 Å². The average Bonchev–Trinajstić information content (AvgIpc) is 2.90. The van der Waals surface area contributed by atoms with Gasteiger partial charge >= 0.3 is 0 Å². The lowest BCUT2D eigenvalue weighted by molar-refractivity contribution is -0.122. The van der Waals surface area contributed by atoms with Crippen LogP contribution >= 0.6 is 0 Å². The summed E-state index contributed by atoms with van der Waals surface area (Å²) < 4.78 is 0. The smallest absolute Gasteiger partial charge is 0.220 e. The van der Waals surface area contributed by atoms with E-state index in [0.717, 1.165) is 44.9 Å². The summed E-state index contributed by atoms with van der Waals surface area (Å²) >= 11 is 0. The first-order chi connectivity index (χ1) is 10.2. The SMILES string of the molecule is N/C(=N/O)C1(NC(=O)CCC2CCCC2)CCCCCC1. The van der Waals surface area contributed by atoms with Crippen LogP contribution < -0.4 is 11.1 Å². The van der Waals surface area contributed by atoms with Gasteiger partial charge in [-0.15, -0.1) is 0 Å². The van der Waals surface area contributed by atoms with Gasteiger partial charge in [-0.2, -0.15) is 0 Å². The molecule has 0 saturated heterocycles. The summed E-state index contributed by atoms with van der Waals surface area (Å²) in [5.74, 6) is 0.929. The van der Waals surface area contributed by atoms with Gasteiger partial charge in [-0.3, -0.25) is 4.79 Å². The lowest BCUT2D eigenvalue weighted by Crippen LogP contribution is -2.57. The Morgan fingerprint density at radius 1 is 1.14 bits per heavy atom. The van der Waals surface area contributed by atoms with Crippen LogP contribution in [0.4, 0.5) is 0 Å². The highest BCUT2D eigenvalue weighted by molar-refractivity contribution is 5.93. The maximum Gasteiger partial charge on any atom is 0.220 e. The zero-order chi connectivity index (χ0) is 15.1. The summed E-state index contributed by atoms with van der Waals surface area (Å²) in [7, 11) is 0. The molecule has 120 valence electrons. The van der Waals surface area contributed by atoms with Crippen molar-refractivity contribution >= 4 is 11.7 Å². The first-order valence-electron chi connectivity index (χ1n) is 8.45. The van der Waals surface area contributed by atoms with Crippen LogP contribution in [0.1, 0.15) is 77.0 Å². The molecule has 0 aromatic carbocycles. The maximum atomic E-state index is 12.3. The van der Waals surface area contributed by atoms with Crippen molar-refractivity contribution in [3.63, 3.8) is 0 Å². The van der Waals surface area contributed by atoms with Crippen LogP contribution in [0.25, 0.3) is 0 Å². The van der Waals surface area contributed by atoms with Crippen molar-refractivity contribution in [2.24, 2.45) is 16.8 Å². The molecule has 5 heteroatoms. The van der Waals surface area contributed by atoms with E-state index in [2.05, 4.69) is 10.5 Å². The Kier molecular flexibility index (Phi) is 5.88. The van der Waals surface area contributed by atoms with Crippen molar-refractivity contribution in [1.82, 2.24) is 5.32 Å². The largest absolute Gasteiger partial charge is 0.409 e. The van der Waals surface area contributed by atoms with Crippen molar-refractivity contribution < 1.29 is 10.0 Å². The molecule has 0 heterocycles. The van der Waals surface area contributed by atoms with E-state index >= 15 is 0 Å². The summed E-state index contributed by atoms with van der Waals surface area (Å²) in [5, 5.41) is 15.4. The fraction of sp³-hybridized carbons (Fsp3) is 0.875. The lowest BCUT2D eigenvalue weighted by Gasteiger charge is -2.32. The number of amidine groups is 1. The maximum absolute atomic E-state index is 12.3. The molecular weight excluding hydrogens is 266 g/mol. The minimum Gasteiger partial charge on any atom is -0.409 e. The van der Waals surface area contributed by atoms with Gasteiger partial charge in [0.2, 0.25) is 5.91 Å². The Morgan fingerprint density at radius 3 is 2.33 bits per heavy atom. The third-order valence-electron chi connectivity index (χ3n) is 5.19. The molecule has 1 amide bonds. The summed E-state index contributed by atoms with van der Waals surface area (Å²) in [6.07, 6.45) is 12.5. The molecule has 2 rings (SSSR count). The van der Waals surface area contributed by atoms with Crippen molar-refractivity contribution in [3.05, 3.63) is 0 Å². The van der Waals surface area contributed by atoms with Gasteiger partial charge in [0.05, 0.1) is 0 Å². The molecule has 0 atom stereocenters. The Bertz CT molecular complexity index is 368. The number of nitrogens with one attached hydrogen (secondary N) is 1. The Labute approximate surface area is 127 Å². The van der Waals surface area contributed by atoms with E-state index < -0.39 is 5.54 Å². The topological polar surface area (TPSA) is 87.7 Å². The molecule has 0 bridgehead atoms. The van der Waals surface area contributed by atoms with Crippen molar-refractivity contribution in [1.29, 1.82) is 0 Å². The Morgan fingerprint density at radius 2 is 1.76 bits per heavy atom. The van der Waals surface area contributed by atoms with Gasteiger partial charge in [0, 0.05) is 6.42 Å². The predicted molar refractivity (Wildman–Crippen MR) is 83.2 cm³/mol. The van der Waals surface area contributed by atoms with Crippen LogP contribution in [-0.4, -0.2) is 22.5 Å². The molecule has 0 spiro atoms. The number of nitrogens with zero attached hydrogens (tertiary/aromatic N) is 1. The molecule has 0 unspecified atom stereocenters. The zero-order valence-electron chi connectivity index (χ0n) is 12.9. The number of nitrogens with two attached hydrogens (primary N) is 1. The van der Waals surface area contributed by atoms with Crippen LogP contribution in [0.15, 0.2) is 5.16 Å². The van der Waals surface area contributed by atoms with Gasteiger partial charge in [-0.1, -0.05) is 56.5 Å². The van der Waals surface area contributed by atoms with E-state index in [1.54, 1.807) is 0 Å². The van der Waals surface area contributed by atoms with E-state index in [-0.39, 0.29) is 11.7 Å². The van der Waals surface area contributed by atoms with E-state index in [4.69, 9.17) is 10.9 Å². The molecule has 0 aromatic heterocycles. The van der Waals surface area contributed by atoms with Gasteiger partial charge in [0.1, 0.15) is 5.54 Å². The first kappa shape index (κ1) is 16.1. The average molecular weight is 295 g/mol. The number of carbonyl (C=O) groups excluding carboxylic acids is 1. The highest BCUT2D eigenvalue weighted by atomic mass is 16.4. The molecule has 2 aliphatic rings. The van der Waals surface area contributed by atoms with Crippen LogP contribution in [0.2, 0.25) is 0 Å². The monoisotopic (exact) mass is 295 g/mol. The molecule has 0 aromatic rings. The van der Waals surface area contributed by atoms with Gasteiger partial charge < -0.3 is 16.3 Å². The summed E-state index contributed by atoms with van der Waals surface area (Å²) in [5.41, 5.74) is 5.28. The molecule has 4 N–H and O–H groups in total. The number of carbonyl (C=O) groups is 1. The fourth-order valence-electron chi connectivity index (χ4n) is 3.84. The Hall–Kier alpha value is -1.26. The van der Waals surface area contributed by atoms with Crippen molar-refractivity contribution in [3.8, 4) is 0 Å². The zero-order valence-corrected chi connectivity index (χ0v) is 12.9. The molecule has 21 heavy (non-hydrogen) atoms. The normalized spacial score (nSPS) is 23.7. The van der Waals surface area contributed by atoms with Crippen LogP contribution in [0.3, 0.4) is 0 Å². The van der Waals surface area contributed by atoms with Gasteiger partial charge in [-0.05, 0) is 25.2 Å². The number of amides is 1. The molecule has 0 aliphatic heterocycles. The first-order valence-corrected chi connectivity index (χ1v) is 8.45.